The standard InChI is InChI=1S/C10H5ClF4N2S/c11-8-4-18-9(17-8)16-5-1-2-7(12)6(3-5)10(13,14)15/h1-4H,(H,16,17). The van der Waals surface area contributed by atoms with E-state index in [-0.39, 0.29) is 10.8 Å². The number of hydrogen-bond acceptors (Lipinski definition) is 3. The Balaban J connectivity index is 2.30. The summed E-state index contributed by atoms with van der Waals surface area (Å²) in [5.74, 6) is -1.31. The maximum absolute atomic E-state index is 13.0. The summed E-state index contributed by atoms with van der Waals surface area (Å²) in [6.45, 7) is 0. The Labute approximate surface area is 108 Å². The second kappa shape index (κ2) is 4.74. The molecule has 8 heteroatoms. The molecule has 96 valence electrons. The summed E-state index contributed by atoms with van der Waals surface area (Å²) >= 11 is 6.71. The molecule has 0 saturated heterocycles. The third kappa shape index (κ3) is 2.91. The molecular formula is C10H5ClF4N2S. The molecule has 0 aliphatic rings. The average Bonchev–Trinajstić information content (AvgIpc) is 2.65. The Morgan fingerprint density at radius 3 is 2.56 bits per heavy atom. The van der Waals surface area contributed by atoms with Crippen LogP contribution >= 0.6 is 22.9 Å². The highest BCUT2D eigenvalue weighted by Crippen LogP contribution is 2.34. The van der Waals surface area contributed by atoms with Gasteiger partial charge >= 0.3 is 6.18 Å². The van der Waals surface area contributed by atoms with Gasteiger partial charge in [0.05, 0.1) is 5.56 Å². The zero-order valence-corrected chi connectivity index (χ0v) is 10.1. The molecule has 0 radical (unpaired) electrons. The van der Waals surface area contributed by atoms with E-state index < -0.39 is 17.6 Å². The van der Waals surface area contributed by atoms with Gasteiger partial charge in [0.2, 0.25) is 0 Å². The zero-order valence-electron chi connectivity index (χ0n) is 8.55. The van der Waals surface area contributed by atoms with Gasteiger partial charge in [-0.25, -0.2) is 9.37 Å². The maximum Gasteiger partial charge on any atom is 0.419 e. The van der Waals surface area contributed by atoms with E-state index >= 15 is 0 Å². The molecule has 0 spiro atoms. The van der Waals surface area contributed by atoms with E-state index in [0.717, 1.165) is 17.4 Å². The van der Waals surface area contributed by atoms with Crippen LogP contribution < -0.4 is 5.32 Å². The molecule has 0 aliphatic carbocycles. The van der Waals surface area contributed by atoms with Gasteiger partial charge in [-0.15, -0.1) is 11.3 Å². The van der Waals surface area contributed by atoms with Crippen LogP contribution in [0, 0.1) is 5.82 Å². The van der Waals surface area contributed by atoms with Crippen molar-refractivity contribution in [3.63, 3.8) is 0 Å². The summed E-state index contributed by atoms with van der Waals surface area (Å²) in [6.07, 6.45) is -4.73. The second-order valence-electron chi connectivity index (χ2n) is 3.29. The van der Waals surface area contributed by atoms with Gasteiger partial charge in [-0.3, -0.25) is 0 Å². The second-order valence-corrected chi connectivity index (χ2v) is 4.54. The van der Waals surface area contributed by atoms with E-state index in [1.54, 1.807) is 0 Å². The van der Waals surface area contributed by atoms with E-state index in [9.17, 15) is 17.6 Å². The topological polar surface area (TPSA) is 24.9 Å². The monoisotopic (exact) mass is 296 g/mol. The summed E-state index contributed by atoms with van der Waals surface area (Å²) in [4.78, 5) is 3.82. The fourth-order valence-electron chi connectivity index (χ4n) is 1.26. The number of aromatic nitrogens is 1. The molecule has 0 amide bonds. The number of anilines is 2. The molecule has 2 nitrogen and oxygen atoms in total. The minimum Gasteiger partial charge on any atom is -0.331 e. The zero-order chi connectivity index (χ0) is 13.3. The Morgan fingerprint density at radius 2 is 2.00 bits per heavy atom. The SMILES string of the molecule is Fc1ccc(Nc2nc(Cl)cs2)cc1C(F)(F)F. The van der Waals surface area contributed by atoms with E-state index in [1.165, 1.54) is 11.4 Å². The largest absolute Gasteiger partial charge is 0.419 e. The summed E-state index contributed by atoms with van der Waals surface area (Å²) in [7, 11) is 0. The molecule has 0 unspecified atom stereocenters. The van der Waals surface area contributed by atoms with Crippen LogP contribution in [0.2, 0.25) is 5.15 Å². The smallest absolute Gasteiger partial charge is 0.331 e. The average molecular weight is 297 g/mol. The Kier molecular flexibility index (Phi) is 3.45. The molecule has 0 bridgehead atoms. The summed E-state index contributed by atoms with van der Waals surface area (Å²) in [5, 5.41) is 4.72. The fourth-order valence-corrected chi connectivity index (χ4v) is 2.11. The number of benzene rings is 1. The van der Waals surface area contributed by atoms with Crippen LogP contribution in [-0.4, -0.2) is 4.98 Å². The van der Waals surface area contributed by atoms with Crippen molar-refractivity contribution in [1.82, 2.24) is 4.98 Å². The molecule has 1 aromatic heterocycles. The molecule has 2 rings (SSSR count). The summed E-state index contributed by atoms with van der Waals surface area (Å²) in [6, 6.07) is 2.63. The fraction of sp³-hybridized carbons (Fsp3) is 0.100. The van der Waals surface area contributed by atoms with Crippen LogP contribution in [-0.2, 0) is 6.18 Å². The van der Waals surface area contributed by atoms with Crippen molar-refractivity contribution in [2.45, 2.75) is 6.18 Å². The van der Waals surface area contributed by atoms with Crippen LogP contribution in [0.25, 0.3) is 0 Å². The molecule has 0 atom stereocenters. The predicted octanol–water partition coefficient (Wildman–Crippen LogP) is 4.70. The lowest BCUT2D eigenvalue weighted by Gasteiger charge is -2.10. The van der Waals surface area contributed by atoms with Crippen LogP contribution in [0.3, 0.4) is 0 Å². The van der Waals surface area contributed by atoms with E-state index in [1.807, 2.05) is 0 Å². The molecule has 0 fully saturated rings. The van der Waals surface area contributed by atoms with Gasteiger partial charge in [-0.2, -0.15) is 13.2 Å². The molecule has 0 aliphatic heterocycles. The quantitative estimate of drug-likeness (QED) is 0.813. The van der Waals surface area contributed by atoms with Crippen molar-refractivity contribution < 1.29 is 17.6 Å². The van der Waals surface area contributed by atoms with E-state index in [0.29, 0.717) is 11.2 Å². The van der Waals surface area contributed by atoms with Crippen LogP contribution in [0.4, 0.5) is 28.4 Å². The molecule has 1 aromatic carbocycles. The highest BCUT2D eigenvalue weighted by molar-refractivity contribution is 7.14. The van der Waals surface area contributed by atoms with Gasteiger partial charge in [0, 0.05) is 11.1 Å². The summed E-state index contributed by atoms with van der Waals surface area (Å²) < 4.78 is 50.4. The number of thiazole rings is 1. The highest BCUT2D eigenvalue weighted by Gasteiger charge is 2.34. The third-order valence-electron chi connectivity index (χ3n) is 2.00. The van der Waals surface area contributed by atoms with Gasteiger partial charge in [-0.05, 0) is 18.2 Å². The Morgan fingerprint density at radius 1 is 1.28 bits per heavy atom. The van der Waals surface area contributed by atoms with Crippen LogP contribution in [0.1, 0.15) is 5.56 Å². The Bertz CT molecular complexity index is 567. The number of nitrogens with zero attached hydrogens (tertiary/aromatic N) is 1. The molecule has 1 heterocycles. The van der Waals surface area contributed by atoms with Crippen LogP contribution in [0.5, 0.6) is 0 Å². The van der Waals surface area contributed by atoms with Gasteiger partial charge < -0.3 is 5.32 Å². The lowest BCUT2D eigenvalue weighted by atomic mass is 10.2. The molecule has 1 N–H and O–H groups in total. The van der Waals surface area contributed by atoms with E-state index in [4.69, 9.17) is 11.6 Å². The van der Waals surface area contributed by atoms with Crippen molar-refractivity contribution in [2.75, 3.05) is 5.32 Å². The van der Waals surface area contributed by atoms with Crippen molar-refractivity contribution in [2.24, 2.45) is 0 Å². The van der Waals surface area contributed by atoms with Gasteiger partial charge in [0.15, 0.2) is 5.13 Å². The number of rotatable bonds is 2. The van der Waals surface area contributed by atoms with Crippen molar-refractivity contribution >= 4 is 33.8 Å². The predicted molar refractivity (Wildman–Crippen MR) is 61.8 cm³/mol. The first-order valence-electron chi connectivity index (χ1n) is 4.61. The normalized spacial score (nSPS) is 11.6. The number of halogens is 5. The van der Waals surface area contributed by atoms with Crippen molar-refractivity contribution in [3.8, 4) is 0 Å². The van der Waals surface area contributed by atoms with Gasteiger partial charge in [-0.1, -0.05) is 11.6 Å². The molecular weight excluding hydrogens is 292 g/mol. The van der Waals surface area contributed by atoms with Crippen LogP contribution in [0.15, 0.2) is 23.6 Å². The van der Waals surface area contributed by atoms with Gasteiger partial charge in [0.1, 0.15) is 11.0 Å². The highest BCUT2D eigenvalue weighted by atomic mass is 35.5. The lowest BCUT2D eigenvalue weighted by molar-refractivity contribution is -0.139. The Hall–Kier alpha value is -1.34. The minimum absolute atomic E-state index is 0.0924. The number of alkyl halides is 3. The van der Waals surface area contributed by atoms with E-state index in [2.05, 4.69) is 10.3 Å². The first kappa shape index (κ1) is 13.1. The maximum atomic E-state index is 13.0. The van der Waals surface area contributed by atoms with Crippen molar-refractivity contribution in [1.29, 1.82) is 0 Å². The molecule has 18 heavy (non-hydrogen) atoms. The van der Waals surface area contributed by atoms with Crippen molar-refractivity contribution in [3.05, 3.63) is 40.1 Å². The molecule has 0 saturated carbocycles. The first-order chi connectivity index (χ1) is 8.36. The number of nitrogens with one attached hydrogen (secondary N) is 1. The first-order valence-corrected chi connectivity index (χ1v) is 5.87. The summed E-state index contributed by atoms with van der Waals surface area (Å²) in [5.41, 5.74) is -1.23. The minimum atomic E-state index is -4.73. The third-order valence-corrected chi connectivity index (χ3v) is 3.08. The lowest BCUT2D eigenvalue weighted by Crippen LogP contribution is -2.08. The molecule has 2 aromatic rings. The van der Waals surface area contributed by atoms with Gasteiger partial charge in [0.25, 0.3) is 0 Å². The number of hydrogen-bond donors (Lipinski definition) is 1.